The van der Waals surface area contributed by atoms with Crippen LogP contribution in [0.4, 0.5) is 0 Å². The van der Waals surface area contributed by atoms with Crippen LogP contribution in [0.2, 0.25) is 0 Å². The number of thiophene rings is 1. The molecule has 0 unspecified atom stereocenters. The molecule has 0 radical (unpaired) electrons. The van der Waals surface area contributed by atoms with Crippen molar-refractivity contribution < 1.29 is 17.9 Å². The van der Waals surface area contributed by atoms with Gasteiger partial charge in [0.2, 0.25) is 10.0 Å². The zero-order chi connectivity index (χ0) is 17.2. The Morgan fingerprint density at radius 3 is 2.54 bits per heavy atom. The molecular weight excluding hydrogens is 346 g/mol. The minimum Gasteiger partial charge on any atom is -0.465 e. The van der Waals surface area contributed by atoms with Crippen LogP contribution in [-0.2, 0) is 20.2 Å². The molecule has 1 fully saturated rings. The summed E-state index contributed by atoms with van der Waals surface area (Å²) in [4.78, 5) is 11.8. The van der Waals surface area contributed by atoms with Crippen LogP contribution < -0.4 is 4.72 Å². The third kappa shape index (κ3) is 3.11. The molecule has 0 saturated heterocycles. The van der Waals surface area contributed by atoms with Gasteiger partial charge in [-0.15, -0.1) is 11.3 Å². The molecule has 2 aromatic rings. The quantitative estimate of drug-likeness (QED) is 0.799. The number of sulfonamides is 1. The van der Waals surface area contributed by atoms with E-state index < -0.39 is 16.0 Å². The number of ether oxygens (including phenoxy) is 1. The highest BCUT2D eigenvalue weighted by atomic mass is 32.2. The highest BCUT2D eigenvalue weighted by Gasteiger charge is 2.39. The van der Waals surface area contributed by atoms with Crippen molar-refractivity contribution in [2.75, 3.05) is 13.7 Å². The molecule has 5 nitrogen and oxygen atoms in total. The van der Waals surface area contributed by atoms with Crippen molar-refractivity contribution in [3.05, 3.63) is 52.2 Å². The molecule has 24 heavy (non-hydrogen) atoms. The summed E-state index contributed by atoms with van der Waals surface area (Å²) in [5.41, 5.74) is 0.993. The Bertz CT molecular complexity index is 823. The minimum atomic E-state index is -3.76. The molecule has 3 rings (SSSR count). The van der Waals surface area contributed by atoms with E-state index in [0.717, 1.165) is 36.2 Å². The lowest BCUT2D eigenvalue weighted by Crippen LogP contribution is -2.45. The van der Waals surface area contributed by atoms with Crippen molar-refractivity contribution in [2.24, 2.45) is 0 Å². The largest absolute Gasteiger partial charge is 0.465 e. The van der Waals surface area contributed by atoms with Crippen LogP contribution in [-0.4, -0.2) is 28.0 Å². The molecule has 1 aliphatic rings. The van der Waals surface area contributed by atoms with Gasteiger partial charge in [-0.25, -0.2) is 17.9 Å². The lowest BCUT2D eigenvalue weighted by atomic mass is 9.64. The van der Waals surface area contributed by atoms with E-state index in [9.17, 15) is 13.2 Å². The van der Waals surface area contributed by atoms with E-state index in [4.69, 9.17) is 0 Å². The number of benzene rings is 1. The second-order valence-corrected chi connectivity index (χ2v) is 8.58. The van der Waals surface area contributed by atoms with Gasteiger partial charge in [0, 0.05) is 12.0 Å². The molecule has 1 aromatic heterocycles. The van der Waals surface area contributed by atoms with Crippen molar-refractivity contribution in [3.63, 3.8) is 0 Å². The summed E-state index contributed by atoms with van der Waals surface area (Å²) >= 11 is 1.06. The van der Waals surface area contributed by atoms with Gasteiger partial charge >= 0.3 is 5.97 Å². The third-order valence-electron chi connectivity index (χ3n) is 4.59. The standard InChI is InChI=1S/C17H19NO4S2/c1-22-16(19)15-14(8-11-23-15)24(20,21)18-12-17(9-5-10-17)13-6-3-2-4-7-13/h2-4,6-8,11,18H,5,9-10,12H2,1H3. The Balaban J connectivity index is 1.81. The van der Waals surface area contributed by atoms with Crippen LogP contribution in [0.3, 0.4) is 0 Å². The van der Waals surface area contributed by atoms with Gasteiger partial charge in [0.15, 0.2) is 0 Å². The van der Waals surface area contributed by atoms with Gasteiger partial charge in [-0.1, -0.05) is 36.8 Å². The number of methoxy groups -OCH3 is 1. The van der Waals surface area contributed by atoms with E-state index >= 15 is 0 Å². The molecular formula is C17H19NO4S2. The number of carbonyl (C=O) groups is 1. The predicted molar refractivity (Wildman–Crippen MR) is 92.8 cm³/mol. The molecule has 1 heterocycles. The Morgan fingerprint density at radius 2 is 1.96 bits per heavy atom. The monoisotopic (exact) mass is 365 g/mol. The van der Waals surface area contributed by atoms with E-state index in [1.165, 1.54) is 13.2 Å². The van der Waals surface area contributed by atoms with E-state index in [1.807, 2.05) is 30.3 Å². The first-order chi connectivity index (χ1) is 11.5. The minimum absolute atomic E-state index is 0.0121. The number of esters is 1. The average molecular weight is 365 g/mol. The number of hydrogen-bond donors (Lipinski definition) is 1. The van der Waals surface area contributed by atoms with E-state index in [2.05, 4.69) is 9.46 Å². The summed E-state index contributed by atoms with van der Waals surface area (Å²) in [6.45, 7) is 0.329. The Hall–Kier alpha value is -1.70. The van der Waals surface area contributed by atoms with Crippen LogP contribution in [0.15, 0.2) is 46.7 Å². The molecule has 1 aliphatic carbocycles. The first-order valence-electron chi connectivity index (χ1n) is 7.69. The molecule has 128 valence electrons. The summed E-state index contributed by atoms with van der Waals surface area (Å²) in [7, 11) is -2.52. The van der Waals surface area contributed by atoms with Gasteiger partial charge in [-0.05, 0) is 29.9 Å². The van der Waals surface area contributed by atoms with Crippen LogP contribution in [0.5, 0.6) is 0 Å². The molecule has 7 heteroatoms. The van der Waals surface area contributed by atoms with Crippen LogP contribution in [0.25, 0.3) is 0 Å². The molecule has 1 saturated carbocycles. The fourth-order valence-electron chi connectivity index (χ4n) is 3.02. The second kappa shape index (κ2) is 6.66. The van der Waals surface area contributed by atoms with Crippen LogP contribution >= 0.6 is 11.3 Å². The number of hydrogen-bond acceptors (Lipinski definition) is 5. The van der Waals surface area contributed by atoms with Crippen LogP contribution in [0.1, 0.15) is 34.5 Å². The lowest BCUT2D eigenvalue weighted by molar-refractivity contribution is 0.0602. The Kier molecular flexibility index (Phi) is 4.76. The maximum Gasteiger partial charge on any atom is 0.349 e. The highest BCUT2D eigenvalue weighted by molar-refractivity contribution is 7.89. The summed E-state index contributed by atoms with van der Waals surface area (Å²) in [6, 6.07) is 11.4. The zero-order valence-corrected chi connectivity index (χ0v) is 15.0. The lowest BCUT2D eigenvalue weighted by Gasteiger charge is -2.42. The summed E-state index contributed by atoms with van der Waals surface area (Å²) < 4.78 is 32.6. The second-order valence-electron chi connectivity index (χ2n) is 5.93. The Labute approximate surface area is 145 Å². The summed E-state index contributed by atoms with van der Waals surface area (Å²) in [6.07, 6.45) is 2.99. The first kappa shape index (κ1) is 17.1. The van der Waals surface area contributed by atoms with Crippen molar-refractivity contribution in [2.45, 2.75) is 29.6 Å². The normalized spacial score (nSPS) is 16.4. The van der Waals surface area contributed by atoms with Crippen LogP contribution in [0, 0.1) is 0 Å². The Morgan fingerprint density at radius 1 is 1.25 bits per heavy atom. The highest BCUT2D eigenvalue weighted by Crippen LogP contribution is 2.43. The molecule has 0 amide bonds. The number of nitrogens with one attached hydrogen (secondary N) is 1. The molecule has 0 spiro atoms. The number of rotatable bonds is 6. The predicted octanol–water partition coefficient (Wildman–Crippen LogP) is 2.93. The SMILES string of the molecule is COC(=O)c1sccc1S(=O)(=O)NCC1(c2ccccc2)CCC1. The number of carbonyl (C=O) groups excluding carboxylic acids is 1. The smallest absolute Gasteiger partial charge is 0.349 e. The first-order valence-corrected chi connectivity index (χ1v) is 10.1. The summed E-state index contributed by atoms with van der Waals surface area (Å²) in [5.74, 6) is -0.633. The molecule has 0 bridgehead atoms. The third-order valence-corrected chi connectivity index (χ3v) is 7.05. The molecule has 0 atom stereocenters. The van der Waals surface area contributed by atoms with Gasteiger partial charge < -0.3 is 4.74 Å². The van der Waals surface area contributed by atoms with E-state index in [1.54, 1.807) is 5.38 Å². The van der Waals surface area contributed by atoms with Gasteiger partial charge in [-0.3, -0.25) is 0 Å². The zero-order valence-electron chi connectivity index (χ0n) is 13.3. The van der Waals surface area contributed by atoms with Crippen molar-refractivity contribution >= 4 is 27.3 Å². The summed E-state index contributed by atoms with van der Waals surface area (Å²) in [5, 5.41) is 1.58. The maximum absolute atomic E-state index is 12.6. The molecule has 0 aliphatic heterocycles. The van der Waals surface area contributed by atoms with E-state index in [0.29, 0.717) is 6.54 Å². The van der Waals surface area contributed by atoms with Crippen molar-refractivity contribution in [3.8, 4) is 0 Å². The van der Waals surface area contributed by atoms with Gasteiger partial charge in [0.1, 0.15) is 9.77 Å². The molecule has 1 N–H and O–H groups in total. The van der Waals surface area contributed by atoms with Crippen molar-refractivity contribution in [1.29, 1.82) is 0 Å². The average Bonchev–Trinajstić information content (AvgIpc) is 3.04. The van der Waals surface area contributed by atoms with E-state index in [-0.39, 0.29) is 15.2 Å². The van der Waals surface area contributed by atoms with Gasteiger partial charge in [0.25, 0.3) is 0 Å². The van der Waals surface area contributed by atoms with Gasteiger partial charge in [0.05, 0.1) is 7.11 Å². The van der Waals surface area contributed by atoms with Crippen molar-refractivity contribution in [1.82, 2.24) is 4.72 Å². The topological polar surface area (TPSA) is 72.5 Å². The van der Waals surface area contributed by atoms with Gasteiger partial charge in [-0.2, -0.15) is 0 Å². The molecule has 1 aromatic carbocycles. The fourth-order valence-corrected chi connectivity index (χ4v) is 5.48. The fraction of sp³-hybridized carbons (Fsp3) is 0.353. The maximum atomic E-state index is 12.6.